The summed E-state index contributed by atoms with van der Waals surface area (Å²) < 4.78 is 1.06. The largest absolute Gasteiger partial charge is 0.299 e. The molecule has 2 heteroatoms. The Morgan fingerprint density at radius 2 is 1.88 bits per heavy atom. The van der Waals surface area contributed by atoms with E-state index >= 15 is 0 Å². The van der Waals surface area contributed by atoms with Crippen LogP contribution in [0.5, 0.6) is 0 Å². The predicted octanol–water partition coefficient (Wildman–Crippen LogP) is 4.39. The van der Waals surface area contributed by atoms with E-state index in [4.69, 9.17) is 0 Å². The monoisotopic (exact) mass is 282 g/mol. The number of carbonyl (C=O) groups is 1. The zero-order chi connectivity index (χ0) is 12.0. The Bertz CT molecular complexity index is 327. The molecule has 0 amide bonds. The van der Waals surface area contributed by atoms with Crippen LogP contribution in [-0.2, 0) is 11.2 Å². The van der Waals surface area contributed by atoms with Crippen LogP contribution in [0.1, 0.15) is 38.7 Å². The van der Waals surface area contributed by atoms with Gasteiger partial charge in [-0.15, -0.1) is 0 Å². The van der Waals surface area contributed by atoms with Gasteiger partial charge in [-0.2, -0.15) is 0 Å². The minimum atomic E-state index is 0.350. The van der Waals surface area contributed by atoms with Crippen LogP contribution in [0, 0.1) is 5.92 Å². The molecule has 0 N–H and O–H groups in total. The average Bonchev–Trinajstić information content (AvgIpc) is 2.21. The molecule has 1 nitrogen and oxygen atoms in total. The fraction of sp³-hybridized carbons (Fsp3) is 0.500. The number of halogens is 1. The second-order valence-corrected chi connectivity index (χ2v) is 5.54. The van der Waals surface area contributed by atoms with Crippen molar-refractivity contribution in [2.45, 2.75) is 39.5 Å². The number of hydrogen-bond acceptors (Lipinski definition) is 1. The van der Waals surface area contributed by atoms with Gasteiger partial charge >= 0.3 is 0 Å². The van der Waals surface area contributed by atoms with Crippen molar-refractivity contribution in [1.29, 1.82) is 0 Å². The molecule has 0 saturated heterocycles. The van der Waals surface area contributed by atoms with Crippen molar-refractivity contribution >= 4 is 21.7 Å². The Balaban J connectivity index is 2.31. The molecule has 0 bridgehead atoms. The molecule has 0 unspecified atom stereocenters. The predicted molar refractivity (Wildman–Crippen MR) is 71.5 cm³/mol. The van der Waals surface area contributed by atoms with Crippen molar-refractivity contribution in [2.24, 2.45) is 5.92 Å². The van der Waals surface area contributed by atoms with Gasteiger partial charge in [0.05, 0.1) is 0 Å². The third-order valence-corrected chi connectivity index (χ3v) is 3.08. The summed E-state index contributed by atoms with van der Waals surface area (Å²) in [6, 6.07) is 7.97. The van der Waals surface area contributed by atoms with Gasteiger partial charge in [0.1, 0.15) is 5.78 Å². The Hall–Kier alpha value is -0.630. The minimum Gasteiger partial charge on any atom is -0.299 e. The van der Waals surface area contributed by atoms with Crippen molar-refractivity contribution in [3.05, 3.63) is 34.3 Å². The van der Waals surface area contributed by atoms with Crippen LogP contribution in [0.3, 0.4) is 0 Å². The highest BCUT2D eigenvalue weighted by Gasteiger charge is 2.04. The smallest absolute Gasteiger partial charge is 0.137 e. The van der Waals surface area contributed by atoms with Gasteiger partial charge in [0.25, 0.3) is 0 Å². The Morgan fingerprint density at radius 3 is 2.44 bits per heavy atom. The first-order valence-corrected chi connectivity index (χ1v) is 6.63. The molecule has 1 aromatic rings. The van der Waals surface area contributed by atoms with Crippen molar-refractivity contribution in [1.82, 2.24) is 0 Å². The number of hydrogen-bond donors (Lipinski definition) is 0. The van der Waals surface area contributed by atoms with Crippen LogP contribution in [0.25, 0.3) is 0 Å². The first-order chi connectivity index (χ1) is 7.58. The summed E-state index contributed by atoms with van der Waals surface area (Å²) in [5.74, 6) is 1.04. The molecule has 0 aromatic heterocycles. The second kappa shape index (κ2) is 6.85. The summed E-state index contributed by atoms with van der Waals surface area (Å²) in [6.07, 6.45) is 3.46. The molecule has 0 aliphatic carbocycles. The summed E-state index contributed by atoms with van der Waals surface area (Å²) in [5, 5.41) is 0. The molecule has 0 atom stereocenters. The first kappa shape index (κ1) is 13.4. The summed E-state index contributed by atoms with van der Waals surface area (Å²) in [6.45, 7) is 4.39. The number of Topliss-reactive ketones (excluding diaryl/α,β-unsaturated/α-hetero) is 1. The van der Waals surface area contributed by atoms with Gasteiger partial charge in [-0.05, 0) is 30.0 Å². The molecule has 1 rings (SSSR count). The standard InChI is InChI=1S/C14H19BrO/c1-11(2)4-3-5-14(16)10-12-6-8-13(15)9-7-12/h6-9,11H,3-5,10H2,1-2H3. The molecular formula is C14H19BrO. The number of carbonyl (C=O) groups excluding carboxylic acids is 1. The lowest BCUT2D eigenvalue weighted by Gasteiger charge is -2.04. The highest BCUT2D eigenvalue weighted by molar-refractivity contribution is 9.10. The van der Waals surface area contributed by atoms with Gasteiger partial charge in [-0.1, -0.05) is 48.3 Å². The van der Waals surface area contributed by atoms with E-state index in [0.717, 1.165) is 22.9 Å². The van der Waals surface area contributed by atoms with Crippen LogP contribution in [0.4, 0.5) is 0 Å². The third kappa shape index (κ3) is 5.45. The Labute approximate surface area is 106 Å². The van der Waals surface area contributed by atoms with E-state index in [2.05, 4.69) is 29.8 Å². The lowest BCUT2D eigenvalue weighted by Crippen LogP contribution is -2.03. The van der Waals surface area contributed by atoms with Gasteiger partial charge in [-0.3, -0.25) is 4.79 Å². The first-order valence-electron chi connectivity index (χ1n) is 5.84. The number of benzene rings is 1. The van der Waals surface area contributed by atoms with E-state index in [1.807, 2.05) is 24.3 Å². The molecule has 0 saturated carbocycles. The average molecular weight is 283 g/mol. The maximum atomic E-state index is 11.7. The van der Waals surface area contributed by atoms with E-state index in [9.17, 15) is 4.79 Å². The van der Waals surface area contributed by atoms with Gasteiger partial charge in [0, 0.05) is 17.3 Å². The normalized spacial score (nSPS) is 10.8. The van der Waals surface area contributed by atoms with Gasteiger partial charge in [-0.25, -0.2) is 0 Å². The van der Waals surface area contributed by atoms with Crippen molar-refractivity contribution < 1.29 is 4.79 Å². The quantitative estimate of drug-likeness (QED) is 0.756. The van der Waals surface area contributed by atoms with Crippen molar-refractivity contribution in [3.63, 3.8) is 0 Å². The molecule has 88 valence electrons. The molecule has 16 heavy (non-hydrogen) atoms. The summed E-state index contributed by atoms with van der Waals surface area (Å²) in [4.78, 5) is 11.7. The second-order valence-electron chi connectivity index (χ2n) is 4.63. The fourth-order valence-electron chi connectivity index (χ4n) is 1.63. The molecule has 0 fully saturated rings. The summed E-state index contributed by atoms with van der Waals surface area (Å²) >= 11 is 3.38. The summed E-state index contributed by atoms with van der Waals surface area (Å²) in [5.41, 5.74) is 1.11. The van der Waals surface area contributed by atoms with E-state index in [-0.39, 0.29) is 0 Å². The molecule has 0 heterocycles. The van der Waals surface area contributed by atoms with Crippen molar-refractivity contribution in [3.8, 4) is 0 Å². The lowest BCUT2D eigenvalue weighted by molar-refractivity contribution is -0.118. The highest BCUT2D eigenvalue weighted by atomic mass is 79.9. The maximum Gasteiger partial charge on any atom is 0.137 e. The SMILES string of the molecule is CC(C)CCCC(=O)Cc1ccc(Br)cc1. The number of rotatable bonds is 6. The third-order valence-electron chi connectivity index (χ3n) is 2.55. The van der Waals surface area contributed by atoms with E-state index in [0.29, 0.717) is 24.5 Å². The Kier molecular flexibility index (Phi) is 5.75. The Morgan fingerprint density at radius 1 is 1.25 bits per heavy atom. The molecule has 0 spiro atoms. The van der Waals surface area contributed by atoms with Crippen molar-refractivity contribution in [2.75, 3.05) is 0 Å². The topological polar surface area (TPSA) is 17.1 Å². The summed E-state index contributed by atoms with van der Waals surface area (Å²) in [7, 11) is 0. The molecule has 1 aromatic carbocycles. The van der Waals surface area contributed by atoms with Crippen LogP contribution >= 0.6 is 15.9 Å². The molecule has 0 aliphatic heterocycles. The lowest BCUT2D eigenvalue weighted by atomic mass is 10.0. The van der Waals surface area contributed by atoms with E-state index in [1.54, 1.807) is 0 Å². The van der Waals surface area contributed by atoms with Gasteiger partial charge in [0.2, 0.25) is 0 Å². The maximum absolute atomic E-state index is 11.7. The molecular weight excluding hydrogens is 264 g/mol. The minimum absolute atomic E-state index is 0.350. The van der Waals surface area contributed by atoms with Gasteiger partial charge in [0.15, 0.2) is 0 Å². The zero-order valence-corrected chi connectivity index (χ0v) is 11.6. The van der Waals surface area contributed by atoms with Crippen LogP contribution in [-0.4, -0.2) is 5.78 Å². The van der Waals surface area contributed by atoms with Crippen LogP contribution in [0.2, 0.25) is 0 Å². The molecule has 0 radical (unpaired) electrons. The van der Waals surface area contributed by atoms with Crippen LogP contribution in [0.15, 0.2) is 28.7 Å². The zero-order valence-electron chi connectivity index (χ0n) is 10.0. The van der Waals surface area contributed by atoms with E-state index in [1.165, 1.54) is 0 Å². The highest BCUT2D eigenvalue weighted by Crippen LogP contribution is 2.13. The fourth-order valence-corrected chi connectivity index (χ4v) is 1.89. The van der Waals surface area contributed by atoms with Crippen LogP contribution < -0.4 is 0 Å². The van der Waals surface area contributed by atoms with E-state index < -0.39 is 0 Å². The number of ketones is 1. The van der Waals surface area contributed by atoms with Gasteiger partial charge < -0.3 is 0 Å². The molecule has 0 aliphatic rings.